The van der Waals surface area contributed by atoms with Gasteiger partial charge in [0.05, 0.1) is 0 Å². The second-order valence-corrected chi connectivity index (χ2v) is 7.71. The van der Waals surface area contributed by atoms with E-state index in [1.165, 1.54) is 11.1 Å². The molecular weight excluding hydrogens is 390 g/mol. The molecule has 5 heteroatoms. The lowest BCUT2D eigenvalue weighted by Gasteiger charge is -2.08. The van der Waals surface area contributed by atoms with E-state index >= 15 is 0 Å². The number of halogens is 1. The zero-order valence-electron chi connectivity index (χ0n) is 14.5. The first-order valence-electron chi connectivity index (χ1n) is 8.73. The van der Waals surface area contributed by atoms with Crippen LogP contribution < -0.4 is 5.32 Å². The van der Waals surface area contributed by atoms with E-state index in [1.54, 1.807) is 6.20 Å². The van der Waals surface area contributed by atoms with Gasteiger partial charge < -0.3 is 9.88 Å². The molecule has 4 nitrogen and oxygen atoms in total. The number of carbonyl (C=O) groups is 1. The molecule has 2 unspecified atom stereocenters. The van der Waals surface area contributed by atoms with Gasteiger partial charge >= 0.3 is 0 Å². The second-order valence-electron chi connectivity index (χ2n) is 6.79. The Morgan fingerprint density at radius 2 is 2.08 bits per heavy atom. The molecule has 1 amide bonds. The Balaban J connectivity index is 1.36. The van der Waals surface area contributed by atoms with Gasteiger partial charge in [-0.3, -0.25) is 4.79 Å². The molecule has 0 aliphatic heterocycles. The molecule has 1 heterocycles. The molecule has 1 N–H and O–H groups in total. The van der Waals surface area contributed by atoms with Crippen molar-refractivity contribution in [3.05, 3.63) is 82.3 Å². The van der Waals surface area contributed by atoms with Crippen molar-refractivity contribution in [2.45, 2.75) is 25.8 Å². The third-order valence-corrected chi connectivity index (χ3v) is 5.40. The normalized spacial score (nSPS) is 18.5. The molecule has 1 saturated carbocycles. The predicted molar refractivity (Wildman–Crippen MR) is 106 cm³/mol. The number of hydrogen-bond acceptors (Lipinski definition) is 2. The molecule has 1 aliphatic carbocycles. The number of nitrogens with one attached hydrogen (secondary N) is 1. The molecule has 1 aromatic heterocycles. The summed E-state index contributed by atoms with van der Waals surface area (Å²) < 4.78 is 3.16. The number of amides is 1. The fourth-order valence-electron chi connectivity index (χ4n) is 3.29. The Labute approximate surface area is 161 Å². The van der Waals surface area contributed by atoms with Gasteiger partial charge in [0.2, 0.25) is 5.91 Å². The van der Waals surface area contributed by atoms with Crippen LogP contribution in [0.3, 0.4) is 0 Å². The van der Waals surface area contributed by atoms with Crippen molar-refractivity contribution in [2.24, 2.45) is 5.92 Å². The highest BCUT2D eigenvalue weighted by Gasteiger charge is 2.43. The average molecular weight is 410 g/mol. The molecule has 0 bridgehead atoms. The van der Waals surface area contributed by atoms with Crippen LogP contribution in [0.2, 0.25) is 0 Å². The van der Waals surface area contributed by atoms with Crippen molar-refractivity contribution in [3.8, 4) is 0 Å². The first-order valence-corrected chi connectivity index (χ1v) is 9.52. The lowest BCUT2D eigenvalue weighted by Crippen LogP contribution is -2.14. The van der Waals surface area contributed by atoms with Crippen molar-refractivity contribution in [3.63, 3.8) is 0 Å². The van der Waals surface area contributed by atoms with E-state index in [4.69, 9.17) is 0 Å². The number of benzene rings is 2. The Hall–Kier alpha value is -2.40. The first-order chi connectivity index (χ1) is 12.6. The first kappa shape index (κ1) is 17.0. The number of imidazole rings is 1. The van der Waals surface area contributed by atoms with E-state index in [2.05, 4.69) is 42.9 Å². The summed E-state index contributed by atoms with van der Waals surface area (Å²) in [5.41, 5.74) is 3.26. The fraction of sp³-hybridized carbons (Fsp3) is 0.238. The van der Waals surface area contributed by atoms with E-state index in [-0.39, 0.29) is 11.8 Å². The molecule has 1 fully saturated rings. The lowest BCUT2D eigenvalue weighted by atomic mass is 10.1. The largest absolute Gasteiger partial charge is 0.331 e. The number of aryl methyl sites for hydroxylation is 1. The summed E-state index contributed by atoms with van der Waals surface area (Å²) >= 11 is 3.49. The summed E-state index contributed by atoms with van der Waals surface area (Å²) in [6.07, 6.45) is 4.70. The minimum atomic E-state index is 0.0672. The highest BCUT2D eigenvalue weighted by molar-refractivity contribution is 9.10. The van der Waals surface area contributed by atoms with E-state index in [1.807, 2.05) is 49.5 Å². The highest BCUT2D eigenvalue weighted by atomic mass is 79.9. The topological polar surface area (TPSA) is 46.9 Å². The summed E-state index contributed by atoms with van der Waals surface area (Å²) in [5, 5.41) is 3.05. The van der Waals surface area contributed by atoms with Crippen molar-refractivity contribution in [1.82, 2.24) is 9.55 Å². The van der Waals surface area contributed by atoms with Crippen LogP contribution in [0.5, 0.6) is 0 Å². The van der Waals surface area contributed by atoms with Crippen molar-refractivity contribution >= 4 is 27.5 Å². The highest BCUT2D eigenvalue weighted by Crippen LogP contribution is 2.48. The summed E-state index contributed by atoms with van der Waals surface area (Å²) in [4.78, 5) is 16.7. The SMILES string of the molecule is Cc1nccn1Cc1ccc(NC(=O)C2CC2c2cccc(Br)c2)cc1. The van der Waals surface area contributed by atoms with E-state index < -0.39 is 0 Å². The Morgan fingerprint density at radius 3 is 2.77 bits per heavy atom. The van der Waals surface area contributed by atoms with Crippen LogP contribution in [0.15, 0.2) is 65.4 Å². The zero-order chi connectivity index (χ0) is 18.1. The molecule has 2 atom stereocenters. The monoisotopic (exact) mass is 409 g/mol. The molecule has 4 rings (SSSR count). The number of rotatable bonds is 5. The number of aromatic nitrogens is 2. The van der Waals surface area contributed by atoms with Crippen molar-refractivity contribution in [1.29, 1.82) is 0 Å². The van der Waals surface area contributed by atoms with Crippen molar-refractivity contribution in [2.75, 3.05) is 5.32 Å². The van der Waals surface area contributed by atoms with Crippen LogP contribution in [-0.2, 0) is 11.3 Å². The maximum Gasteiger partial charge on any atom is 0.228 e. The fourth-order valence-corrected chi connectivity index (χ4v) is 3.70. The molecule has 1 aliphatic rings. The summed E-state index contributed by atoms with van der Waals surface area (Å²) in [5.74, 6) is 1.50. The van der Waals surface area contributed by atoms with Gasteiger partial charge in [-0.15, -0.1) is 0 Å². The smallest absolute Gasteiger partial charge is 0.228 e. The quantitative estimate of drug-likeness (QED) is 0.660. The molecule has 0 saturated heterocycles. The molecule has 0 spiro atoms. The average Bonchev–Trinajstić information content (AvgIpc) is 3.34. The third-order valence-electron chi connectivity index (χ3n) is 4.90. The van der Waals surface area contributed by atoms with Gasteiger partial charge in [-0.2, -0.15) is 0 Å². The minimum Gasteiger partial charge on any atom is -0.331 e. The lowest BCUT2D eigenvalue weighted by molar-refractivity contribution is -0.117. The summed E-state index contributed by atoms with van der Waals surface area (Å²) in [7, 11) is 0. The summed E-state index contributed by atoms with van der Waals surface area (Å²) in [6, 6.07) is 16.3. The summed E-state index contributed by atoms with van der Waals surface area (Å²) in [6.45, 7) is 2.78. The van der Waals surface area contributed by atoms with Crippen LogP contribution in [0, 0.1) is 12.8 Å². The van der Waals surface area contributed by atoms with Crippen LogP contribution in [-0.4, -0.2) is 15.5 Å². The van der Waals surface area contributed by atoms with Crippen molar-refractivity contribution < 1.29 is 4.79 Å². The third kappa shape index (κ3) is 3.73. The van der Waals surface area contributed by atoms with Gasteiger partial charge in [0.15, 0.2) is 0 Å². The second kappa shape index (κ2) is 7.08. The van der Waals surface area contributed by atoms with Crippen LogP contribution in [0.4, 0.5) is 5.69 Å². The molecular formula is C21H20BrN3O. The molecule has 132 valence electrons. The molecule has 2 aromatic carbocycles. The molecule has 26 heavy (non-hydrogen) atoms. The number of hydrogen-bond donors (Lipinski definition) is 1. The van der Waals surface area contributed by atoms with Gasteiger partial charge in [-0.05, 0) is 54.7 Å². The standard InChI is InChI=1S/C21H20BrN3O/c1-14-23-9-10-25(14)13-15-5-7-18(8-6-15)24-21(26)20-12-19(20)16-3-2-4-17(22)11-16/h2-11,19-20H,12-13H2,1H3,(H,24,26). The van der Waals surface area contributed by atoms with E-state index in [0.29, 0.717) is 5.92 Å². The van der Waals surface area contributed by atoms with Gasteiger partial charge in [0.1, 0.15) is 5.82 Å². The number of anilines is 1. The van der Waals surface area contributed by atoms with E-state index in [0.717, 1.165) is 29.0 Å². The number of nitrogens with zero attached hydrogens (tertiary/aromatic N) is 2. The van der Waals surface area contributed by atoms with Crippen LogP contribution >= 0.6 is 15.9 Å². The van der Waals surface area contributed by atoms with Gasteiger partial charge in [-0.25, -0.2) is 4.98 Å². The number of carbonyl (C=O) groups excluding carboxylic acids is 1. The maximum atomic E-state index is 12.5. The van der Waals surface area contributed by atoms with Gasteiger partial charge in [0.25, 0.3) is 0 Å². The predicted octanol–water partition coefficient (Wildman–Crippen LogP) is 4.74. The Bertz CT molecular complexity index is 932. The molecule has 3 aromatic rings. The maximum absolute atomic E-state index is 12.5. The zero-order valence-corrected chi connectivity index (χ0v) is 16.1. The minimum absolute atomic E-state index is 0.0672. The van der Waals surface area contributed by atoms with Crippen LogP contribution in [0.1, 0.15) is 29.3 Å². The van der Waals surface area contributed by atoms with E-state index in [9.17, 15) is 4.79 Å². The van der Waals surface area contributed by atoms with Gasteiger partial charge in [-0.1, -0.05) is 40.2 Å². The molecule has 0 radical (unpaired) electrons. The van der Waals surface area contributed by atoms with Gasteiger partial charge in [0, 0.05) is 35.0 Å². The Morgan fingerprint density at radius 1 is 1.27 bits per heavy atom. The Kier molecular flexibility index (Phi) is 4.64. The van der Waals surface area contributed by atoms with Crippen LogP contribution in [0.25, 0.3) is 0 Å².